The Balaban J connectivity index is 2.19. The van der Waals surface area contributed by atoms with Crippen molar-refractivity contribution in [3.05, 3.63) is 83.9 Å². The monoisotopic (exact) mass is 338 g/mol. The molecule has 2 heteroatoms. The molecular weight excluding hydrogens is 320 g/mol. The molecule has 0 aliphatic carbocycles. The maximum absolute atomic E-state index is 12.2. The van der Waals surface area contributed by atoms with E-state index in [9.17, 15) is 9.59 Å². The molecule has 0 heterocycles. The SMILES string of the molecule is CC(=O)c1cccc2cccc(-c3cccc4cccc(C(C)=O)c34)c12. The van der Waals surface area contributed by atoms with Crippen molar-refractivity contribution < 1.29 is 9.59 Å². The van der Waals surface area contributed by atoms with Crippen molar-refractivity contribution in [2.24, 2.45) is 0 Å². The first-order valence-corrected chi connectivity index (χ1v) is 8.63. The van der Waals surface area contributed by atoms with E-state index >= 15 is 0 Å². The van der Waals surface area contributed by atoms with E-state index < -0.39 is 0 Å². The third-order valence-electron chi connectivity index (χ3n) is 4.86. The molecule has 126 valence electrons. The minimum atomic E-state index is 0.0371. The molecular formula is C24H18O2. The van der Waals surface area contributed by atoms with Crippen LogP contribution in [0, 0.1) is 0 Å². The van der Waals surface area contributed by atoms with Crippen molar-refractivity contribution >= 4 is 33.1 Å². The summed E-state index contributed by atoms with van der Waals surface area (Å²) in [6.07, 6.45) is 0. The maximum Gasteiger partial charge on any atom is 0.160 e. The van der Waals surface area contributed by atoms with E-state index in [1.807, 2.05) is 72.8 Å². The van der Waals surface area contributed by atoms with Crippen LogP contribution in [0.1, 0.15) is 34.6 Å². The highest BCUT2D eigenvalue weighted by molar-refractivity contribution is 6.18. The summed E-state index contributed by atoms with van der Waals surface area (Å²) >= 11 is 0. The van der Waals surface area contributed by atoms with Crippen LogP contribution in [-0.2, 0) is 0 Å². The number of benzene rings is 4. The van der Waals surface area contributed by atoms with Gasteiger partial charge in [0.2, 0.25) is 0 Å². The average Bonchev–Trinajstić information content (AvgIpc) is 2.65. The number of carbonyl (C=O) groups excluding carboxylic acids is 2. The van der Waals surface area contributed by atoms with Crippen molar-refractivity contribution in [2.45, 2.75) is 13.8 Å². The Hall–Kier alpha value is -3.26. The van der Waals surface area contributed by atoms with Crippen molar-refractivity contribution in [3.8, 4) is 11.1 Å². The van der Waals surface area contributed by atoms with E-state index in [1.165, 1.54) is 0 Å². The van der Waals surface area contributed by atoms with Gasteiger partial charge >= 0.3 is 0 Å². The van der Waals surface area contributed by atoms with Gasteiger partial charge in [-0.2, -0.15) is 0 Å². The Morgan fingerprint density at radius 3 is 1.23 bits per heavy atom. The first-order valence-electron chi connectivity index (χ1n) is 8.63. The van der Waals surface area contributed by atoms with Gasteiger partial charge in [-0.1, -0.05) is 72.8 Å². The molecule has 0 bridgehead atoms. The summed E-state index contributed by atoms with van der Waals surface area (Å²) in [5.41, 5.74) is 3.37. The Kier molecular flexibility index (Phi) is 3.89. The molecule has 0 atom stereocenters. The Morgan fingerprint density at radius 2 is 0.885 bits per heavy atom. The van der Waals surface area contributed by atoms with Crippen LogP contribution in [0.5, 0.6) is 0 Å². The van der Waals surface area contributed by atoms with E-state index in [0.29, 0.717) is 11.1 Å². The molecule has 0 fully saturated rings. The average molecular weight is 338 g/mol. The van der Waals surface area contributed by atoms with Crippen LogP contribution in [0.15, 0.2) is 72.8 Å². The fourth-order valence-corrected chi connectivity index (χ4v) is 3.72. The lowest BCUT2D eigenvalue weighted by Gasteiger charge is -2.14. The van der Waals surface area contributed by atoms with Crippen molar-refractivity contribution in [1.29, 1.82) is 0 Å². The smallest absolute Gasteiger partial charge is 0.160 e. The van der Waals surface area contributed by atoms with Crippen molar-refractivity contribution in [1.82, 2.24) is 0 Å². The highest BCUT2D eigenvalue weighted by Gasteiger charge is 2.15. The molecule has 0 aliphatic rings. The van der Waals surface area contributed by atoms with Crippen LogP contribution in [0.2, 0.25) is 0 Å². The van der Waals surface area contributed by atoms with Gasteiger partial charge in [-0.3, -0.25) is 9.59 Å². The first kappa shape index (κ1) is 16.2. The predicted octanol–water partition coefficient (Wildman–Crippen LogP) is 6.07. The number of hydrogen-bond acceptors (Lipinski definition) is 2. The predicted molar refractivity (Wildman–Crippen MR) is 107 cm³/mol. The minimum Gasteiger partial charge on any atom is -0.294 e. The minimum absolute atomic E-state index is 0.0371. The molecule has 0 radical (unpaired) electrons. The standard InChI is InChI=1S/C24H18O2/c1-15(25)19-11-3-7-17-9-5-13-21(23(17)19)22-14-6-10-18-8-4-12-20(16(2)26)24(18)22/h3-14H,1-2H3. The van der Waals surface area contributed by atoms with E-state index in [1.54, 1.807) is 13.8 Å². The van der Waals surface area contributed by atoms with Gasteiger partial charge in [0.15, 0.2) is 11.6 Å². The van der Waals surface area contributed by atoms with Crippen LogP contribution in [0.3, 0.4) is 0 Å². The molecule has 4 rings (SSSR count). The fraction of sp³-hybridized carbons (Fsp3) is 0.0833. The molecule has 0 saturated heterocycles. The lowest BCUT2D eigenvalue weighted by molar-refractivity contribution is 0.101. The summed E-state index contributed by atoms with van der Waals surface area (Å²) in [6, 6.07) is 23.7. The topological polar surface area (TPSA) is 34.1 Å². The molecule has 4 aromatic carbocycles. The number of ketones is 2. The molecule has 0 amide bonds. The van der Waals surface area contributed by atoms with Crippen LogP contribution in [-0.4, -0.2) is 11.6 Å². The zero-order chi connectivity index (χ0) is 18.3. The Bertz CT molecular complexity index is 1080. The fourth-order valence-electron chi connectivity index (χ4n) is 3.72. The van der Waals surface area contributed by atoms with Crippen molar-refractivity contribution in [2.75, 3.05) is 0 Å². The third kappa shape index (κ3) is 2.51. The van der Waals surface area contributed by atoms with Crippen LogP contribution in [0.4, 0.5) is 0 Å². The van der Waals surface area contributed by atoms with Crippen LogP contribution < -0.4 is 0 Å². The first-order chi connectivity index (χ1) is 12.6. The Morgan fingerprint density at radius 1 is 0.538 bits per heavy atom. The molecule has 0 saturated carbocycles. The molecule has 0 unspecified atom stereocenters. The summed E-state index contributed by atoms with van der Waals surface area (Å²) < 4.78 is 0. The van der Waals surface area contributed by atoms with Crippen LogP contribution in [0.25, 0.3) is 32.7 Å². The van der Waals surface area contributed by atoms with Gasteiger partial charge in [0.05, 0.1) is 0 Å². The molecule has 0 N–H and O–H groups in total. The molecule has 2 nitrogen and oxygen atoms in total. The molecule has 0 aromatic heterocycles. The van der Waals surface area contributed by atoms with Gasteiger partial charge in [0.1, 0.15) is 0 Å². The van der Waals surface area contributed by atoms with E-state index in [4.69, 9.17) is 0 Å². The third-order valence-corrected chi connectivity index (χ3v) is 4.86. The summed E-state index contributed by atoms with van der Waals surface area (Å²) in [7, 11) is 0. The second-order valence-electron chi connectivity index (χ2n) is 6.53. The largest absolute Gasteiger partial charge is 0.294 e. The molecule has 26 heavy (non-hydrogen) atoms. The van der Waals surface area contributed by atoms with Gasteiger partial charge in [-0.25, -0.2) is 0 Å². The zero-order valence-corrected chi connectivity index (χ0v) is 14.7. The second-order valence-corrected chi connectivity index (χ2v) is 6.53. The summed E-state index contributed by atoms with van der Waals surface area (Å²) in [5, 5.41) is 3.92. The number of carbonyl (C=O) groups is 2. The van der Waals surface area contributed by atoms with E-state index in [2.05, 4.69) is 0 Å². The molecule has 4 aromatic rings. The summed E-state index contributed by atoms with van der Waals surface area (Å²) in [6.45, 7) is 3.19. The quantitative estimate of drug-likeness (QED) is 0.425. The molecule has 0 spiro atoms. The lowest BCUT2D eigenvalue weighted by atomic mass is 9.88. The number of fused-ring (bicyclic) bond motifs is 2. The van der Waals surface area contributed by atoms with Gasteiger partial charge in [-0.05, 0) is 35.7 Å². The highest BCUT2D eigenvalue weighted by Crippen LogP contribution is 2.37. The molecule has 0 aliphatic heterocycles. The number of hydrogen-bond donors (Lipinski definition) is 0. The number of Topliss-reactive ketones (excluding diaryl/α,β-unsaturated/α-hetero) is 2. The van der Waals surface area contributed by atoms with Gasteiger partial charge in [-0.15, -0.1) is 0 Å². The normalized spacial score (nSPS) is 11.0. The lowest BCUT2D eigenvalue weighted by Crippen LogP contribution is -1.98. The van der Waals surface area contributed by atoms with Gasteiger partial charge < -0.3 is 0 Å². The van der Waals surface area contributed by atoms with E-state index in [0.717, 1.165) is 32.7 Å². The van der Waals surface area contributed by atoms with Gasteiger partial charge in [0, 0.05) is 21.9 Å². The summed E-state index contributed by atoms with van der Waals surface area (Å²) in [5.74, 6) is 0.0742. The second kappa shape index (κ2) is 6.23. The van der Waals surface area contributed by atoms with Crippen LogP contribution >= 0.6 is 0 Å². The zero-order valence-electron chi connectivity index (χ0n) is 14.7. The summed E-state index contributed by atoms with van der Waals surface area (Å²) in [4.78, 5) is 24.5. The van der Waals surface area contributed by atoms with Crippen molar-refractivity contribution in [3.63, 3.8) is 0 Å². The maximum atomic E-state index is 12.2. The Labute approximate surface area is 152 Å². The number of rotatable bonds is 3. The highest BCUT2D eigenvalue weighted by atomic mass is 16.1. The van der Waals surface area contributed by atoms with E-state index in [-0.39, 0.29) is 11.6 Å². The van der Waals surface area contributed by atoms with Gasteiger partial charge in [0.25, 0.3) is 0 Å².